The van der Waals surface area contributed by atoms with Crippen LogP contribution in [0.3, 0.4) is 0 Å². The van der Waals surface area contributed by atoms with Gasteiger partial charge in [0.05, 0.1) is 5.41 Å². The molecular weight excluding hydrogens is 174 g/mol. The van der Waals surface area contributed by atoms with Gasteiger partial charge in [-0.05, 0) is 12.8 Å². The van der Waals surface area contributed by atoms with Crippen LogP contribution >= 0.6 is 0 Å². The van der Waals surface area contributed by atoms with Crippen molar-refractivity contribution in [2.45, 2.75) is 12.8 Å². The van der Waals surface area contributed by atoms with Crippen molar-refractivity contribution in [1.29, 1.82) is 0 Å². The van der Waals surface area contributed by atoms with Gasteiger partial charge in [0.15, 0.2) is 6.61 Å². The minimum atomic E-state index is -0.627. The van der Waals surface area contributed by atoms with Crippen LogP contribution in [-0.2, 0) is 14.4 Å². The first kappa shape index (κ1) is 9.94. The summed E-state index contributed by atoms with van der Waals surface area (Å²) in [6, 6.07) is 0. The Labute approximate surface area is 75.5 Å². The van der Waals surface area contributed by atoms with Crippen LogP contribution in [-0.4, -0.2) is 25.0 Å². The van der Waals surface area contributed by atoms with Crippen molar-refractivity contribution in [2.24, 2.45) is 16.9 Å². The third kappa shape index (κ3) is 2.40. The second-order valence-electron chi connectivity index (χ2n) is 3.17. The molecule has 5 N–H and O–H groups in total. The van der Waals surface area contributed by atoms with Gasteiger partial charge in [0, 0.05) is 6.54 Å². The number of nitrogens with one attached hydrogen (secondary N) is 1. The molecule has 0 aromatic carbocycles. The molecule has 1 fully saturated rings. The van der Waals surface area contributed by atoms with E-state index in [1.165, 1.54) is 0 Å². The van der Waals surface area contributed by atoms with Crippen LogP contribution in [0.1, 0.15) is 12.8 Å². The van der Waals surface area contributed by atoms with Gasteiger partial charge in [-0.15, -0.1) is 0 Å². The quantitative estimate of drug-likeness (QED) is 0.444. The van der Waals surface area contributed by atoms with E-state index in [2.05, 4.69) is 10.3 Å². The van der Waals surface area contributed by atoms with Crippen LogP contribution in [0.15, 0.2) is 0 Å². The maximum Gasteiger partial charge on any atom is 0.251 e. The van der Waals surface area contributed by atoms with Crippen molar-refractivity contribution in [3.05, 3.63) is 0 Å². The molecule has 0 unspecified atom stereocenters. The van der Waals surface area contributed by atoms with Gasteiger partial charge >= 0.3 is 0 Å². The minimum absolute atomic E-state index is 0.267. The monoisotopic (exact) mass is 187 g/mol. The van der Waals surface area contributed by atoms with E-state index in [1.54, 1.807) is 0 Å². The molecule has 0 radical (unpaired) electrons. The Kier molecular flexibility index (Phi) is 2.84. The fourth-order valence-electron chi connectivity index (χ4n) is 0.956. The van der Waals surface area contributed by atoms with Gasteiger partial charge in [0.25, 0.3) is 5.91 Å². The van der Waals surface area contributed by atoms with E-state index in [4.69, 9.17) is 11.5 Å². The summed E-state index contributed by atoms with van der Waals surface area (Å²) < 4.78 is 0. The molecule has 1 rings (SSSR count). The number of hydroxylamine groups is 1. The van der Waals surface area contributed by atoms with E-state index in [-0.39, 0.29) is 12.5 Å². The number of nitrogens with two attached hydrogens (primary N) is 2. The number of hydrogen-bond donors (Lipinski definition) is 3. The molecule has 0 bridgehead atoms. The molecule has 1 aliphatic rings. The second-order valence-corrected chi connectivity index (χ2v) is 3.17. The normalized spacial score (nSPS) is 17.9. The zero-order chi connectivity index (χ0) is 9.90. The predicted octanol–water partition coefficient (Wildman–Crippen LogP) is -1.74. The number of rotatable bonds is 5. The fourth-order valence-corrected chi connectivity index (χ4v) is 0.956. The maximum absolute atomic E-state index is 11.3. The molecule has 0 aromatic heterocycles. The van der Waals surface area contributed by atoms with E-state index in [0.717, 1.165) is 12.8 Å². The SMILES string of the molecule is NCC1(C(=O)NOCC(N)=O)CC1. The molecule has 0 atom stereocenters. The van der Waals surface area contributed by atoms with Crippen molar-refractivity contribution < 1.29 is 14.4 Å². The van der Waals surface area contributed by atoms with Crippen LogP contribution in [0.2, 0.25) is 0 Å². The second kappa shape index (κ2) is 3.71. The lowest BCUT2D eigenvalue weighted by Crippen LogP contribution is -2.38. The fraction of sp³-hybridized carbons (Fsp3) is 0.714. The highest BCUT2D eigenvalue weighted by Crippen LogP contribution is 2.44. The van der Waals surface area contributed by atoms with Crippen LogP contribution in [0, 0.1) is 5.41 Å². The average Bonchev–Trinajstić information content (AvgIpc) is 2.83. The van der Waals surface area contributed by atoms with Gasteiger partial charge in [0.1, 0.15) is 0 Å². The molecule has 2 amide bonds. The smallest absolute Gasteiger partial charge is 0.251 e. The van der Waals surface area contributed by atoms with Crippen molar-refractivity contribution >= 4 is 11.8 Å². The summed E-state index contributed by atoms with van der Waals surface area (Å²) in [4.78, 5) is 26.1. The summed E-state index contributed by atoms with van der Waals surface area (Å²) in [5, 5.41) is 0. The Balaban J connectivity index is 2.22. The average molecular weight is 187 g/mol. The van der Waals surface area contributed by atoms with Gasteiger partial charge in [0.2, 0.25) is 5.91 Å². The number of carbonyl (C=O) groups excluding carboxylic acids is 2. The Bertz CT molecular complexity index is 225. The predicted molar refractivity (Wildman–Crippen MR) is 44.0 cm³/mol. The number of primary amides is 1. The summed E-state index contributed by atoms with van der Waals surface area (Å²) in [5.74, 6) is -0.894. The van der Waals surface area contributed by atoms with Crippen LogP contribution in [0.5, 0.6) is 0 Å². The minimum Gasteiger partial charge on any atom is -0.368 e. The third-order valence-electron chi connectivity index (χ3n) is 2.11. The molecular formula is C7H13N3O3. The first-order valence-corrected chi connectivity index (χ1v) is 4.01. The number of carbonyl (C=O) groups is 2. The molecule has 1 aliphatic carbocycles. The zero-order valence-corrected chi connectivity index (χ0v) is 7.21. The van der Waals surface area contributed by atoms with Crippen molar-refractivity contribution in [2.75, 3.05) is 13.2 Å². The number of amides is 2. The van der Waals surface area contributed by atoms with E-state index in [1.807, 2.05) is 0 Å². The van der Waals surface area contributed by atoms with Gasteiger partial charge < -0.3 is 11.5 Å². The van der Waals surface area contributed by atoms with E-state index in [0.29, 0.717) is 6.54 Å². The Hall–Kier alpha value is -1.14. The molecule has 1 saturated carbocycles. The zero-order valence-electron chi connectivity index (χ0n) is 7.21. The molecule has 0 spiro atoms. The van der Waals surface area contributed by atoms with E-state index < -0.39 is 11.3 Å². The Morgan fingerprint density at radius 3 is 2.46 bits per heavy atom. The molecule has 13 heavy (non-hydrogen) atoms. The lowest BCUT2D eigenvalue weighted by atomic mass is 10.1. The van der Waals surface area contributed by atoms with Gasteiger partial charge in [-0.3, -0.25) is 14.4 Å². The standard InChI is InChI=1S/C7H13N3O3/c8-4-7(1-2-7)6(12)10-13-3-5(9)11/h1-4,8H2,(H2,9,11)(H,10,12). The molecule has 6 heteroatoms. The molecule has 0 heterocycles. The summed E-state index contributed by atoms with van der Waals surface area (Å²) in [6.45, 7) is -0.00877. The van der Waals surface area contributed by atoms with Gasteiger partial charge in [-0.1, -0.05) is 0 Å². The summed E-state index contributed by atoms with van der Waals surface area (Å²) in [6.07, 6.45) is 1.55. The molecule has 0 aromatic rings. The largest absolute Gasteiger partial charge is 0.368 e. The molecule has 6 nitrogen and oxygen atoms in total. The van der Waals surface area contributed by atoms with Crippen molar-refractivity contribution in [3.63, 3.8) is 0 Å². The first-order chi connectivity index (χ1) is 6.10. The van der Waals surface area contributed by atoms with E-state index in [9.17, 15) is 9.59 Å². The van der Waals surface area contributed by atoms with Crippen molar-refractivity contribution in [1.82, 2.24) is 5.48 Å². The van der Waals surface area contributed by atoms with Crippen LogP contribution in [0.4, 0.5) is 0 Å². The highest BCUT2D eigenvalue weighted by atomic mass is 16.7. The van der Waals surface area contributed by atoms with Crippen molar-refractivity contribution in [3.8, 4) is 0 Å². The Morgan fingerprint density at radius 1 is 1.46 bits per heavy atom. The number of hydrogen-bond acceptors (Lipinski definition) is 4. The first-order valence-electron chi connectivity index (χ1n) is 4.01. The summed E-state index contributed by atoms with van der Waals surface area (Å²) in [5.41, 5.74) is 11.9. The highest BCUT2D eigenvalue weighted by molar-refractivity contribution is 5.84. The van der Waals surface area contributed by atoms with Gasteiger partial charge in [-0.25, -0.2) is 5.48 Å². The topological polar surface area (TPSA) is 107 Å². The third-order valence-corrected chi connectivity index (χ3v) is 2.11. The molecule has 0 saturated heterocycles. The van der Waals surface area contributed by atoms with Gasteiger partial charge in [-0.2, -0.15) is 0 Å². The molecule has 74 valence electrons. The summed E-state index contributed by atoms with van der Waals surface area (Å²) in [7, 11) is 0. The highest BCUT2D eigenvalue weighted by Gasteiger charge is 2.48. The molecule has 0 aliphatic heterocycles. The van der Waals surface area contributed by atoms with Crippen LogP contribution < -0.4 is 16.9 Å². The summed E-state index contributed by atoms with van der Waals surface area (Å²) >= 11 is 0. The Morgan fingerprint density at radius 2 is 2.08 bits per heavy atom. The van der Waals surface area contributed by atoms with Crippen LogP contribution in [0.25, 0.3) is 0 Å². The lowest BCUT2D eigenvalue weighted by Gasteiger charge is -2.11. The lowest BCUT2D eigenvalue weighted by molar-refractivity contribution is -0.142. The maximum atomic E-state index is 11.3. The van der Waals surface area contributed by atoms with E-state index >= 15 is 0 Å².